The van der Waals surface area contributed by atoms with Crippen molar-refractivity contribution in [3.8, 4) is 11.1 Å². The van der Waals surface area contributed by atoms with E-state index in [2.05, 4.69) is 9.97 Å². The predicted molar refractivity (Wildman–Crippen MR) is 155 cm³/mol. The van der Waals surface area contributed by atoms with E-state index in [-0.39, 0.29) is 21.8 Å². The molecule has 0 radical (unpaired) electrons. The topological polar surface area (TPSA) is 107 Å². The first-order chi connectivity index (χ1) is 21.0. The Morgan fingerprint density at radius 3 is 2.36 bits per heavy atom. The van der Waals surface area contributed by atoms with Gasteiger partial charge in [-0.25, -0.2) is 14.8 Å². The Labute approximate surface area is 254 Å². The van der Waals surface area contributed by atoms with Gasteiger partial charge in [-0.05, 0) is 53.4 Å². The summed E-state index contributed by atoms with van der Waals surface area (Å²) in [6.45, 7) is 1.28. The fourth-order valence-corrected chi connectivity index (χ4v) is 5.62. The summed E-state index contributed by atoms with van der Waals surface area (Å²) < 4.78 is 54.0. The van der Waals surface area contributed by atoms with Crippen LogP contribution < -0.4 is 0 Å². The number of ether oxygens (including phenoxy) is 2. The Kier molecular flexibility index (Phi) is 7.89. The Bertz CT molecular complexity index is 1810. The molecule has 44 heavy (non-hydrogen) atoms. The van der Waals surface area contributed by atoms with E-state index in [1.807, 2.05) is 30.3 Å². The molecule has 1 aliphatic rings. The number of esters is 1. The quantitative estimate of drug-likeness (QED) is 0.169. The zero-order valence-corrected chi connectivity index (χ0v) is 23.8. The Morgan fingerprint density at radius 2 is 1.68 bits per heavy atom. The fourth-order valence-electron chi connectivity index (χ4n) is 5.43. The van der Waals surface area contributed by atoms with Crippen molar-refractivity contribution in [3.05, 3.63) is 119 Å². The van der Waals surface area contributed by atoms with Crippen molar-refractivity contribution in [1.29, 1.82) is 0 Å². The second-order valence-electron chi connectivity index (χ2n) is 10.4. The molecule has 12 heteroatoms. The third kappa shape index (κ3) is 5.55. The first kappa shape index (κ1) is 29.8. The Balaban J connectivity index is 1.34. The Hall–Kier alpha value is -4.29. The maximum absolute atomic E-state index is 13.5. The normalized spacial score (nSPS) is 21.0. The molecule has 3 aromatic carbocycles. The minimum Gasteiger partial charge on any atom is -0.451 e. The van der Waals surface area contributed by atoms with Crippen molar-refractivity contribution in [2.75, 3.05) is 0 Å². The molecular weight excluding hydrogens is 599 g/mol. The summed E-state index contributed by atoms with van der Waals surface area (Å²) in [6.07, 6.45) is -8.90. The number of carbonyl (C=O) groups is 1. The van der Waals surface area contributed by atoms with Gasteiger partial charge in [0.05, 0.1) is 16.5 Å². The highest BCUT2D eigenvalue weighted by atomic mass is 35.5. The molecule has 0 spiro atoms. The number of rotatable bonds is 6. The van der Waals surface area contributed by atoms with Crippen LogP contribution in [0.5, 0.6) is 0 Å². The van der Waals surface area contributed by atoms with Crippen LogP contribution >= 0.6 is 11.6 Å². The van der Waals surface area contributed by atoms with Crippen LogP contribution in [-0.4, -0.2) is 49.0 Å². The summed E-state index contributed by atoms with van der Waals surface area (Å²) in [5, 5.41) is 22.9. The lowest BCUT2D eigenvalue weighted by atomic mass is 9.95. The molecule has 1 fully saturated rings. The number of aliphatic hydroxyl groups is 2. The van der Waals surface area contributed by atoms with Crippen LogP contribution in [0.3, 0.4) is 0 Å². The zero-order chi connectivity index (χ0) is 31.2. The van der Waals surface area contributed by atoms with Crippen LogP contribution in [0.4, 0.5) is 13.2 Å². The monoisotopic (exact) mass is 623 g/mol. The highest BCUT2D eigenvalue weighted by Gasteiger charge is 2.49. The van der Waals surface area contributed by atoms with Gasteiger partial charge in [0.15, 0.2) is 12.3 Å². The lowest BCUT2D eigenvalue weighted by molar-refractivity contribution is -0.138. The van der Waals surface area contributed by atoms with E-state index in [0.717, 1.165) is 17.2 Å². The summed E-state index contributed by atoms with van der Waals surface area (Å²) >= 11 is 6.17. The molecule has 0 amide bonds. The van der Waals surface area contributed by atoms with Crippen molar-refractivity contribution in [2.24, 2.45) is 0 Å². The largest absolute Gasteiger partial charge is 0.451 e. The number of benzene rings is 3. The smallest absolute Gasteiger partial charge is 0.416 e. The van der Waals surface area contributed by atoms with Gasteiger partial charge in [0.1, 0.15) is 35.4 Å². The maximum atomic E-state index is 13.5. The molecule has 3 heterocycles. The predicted octanol–water partition coefficient (Wildman–Crippen LogP) is 6.30. The standard InChI is InChI=1S/C32H25ClF3N3O5/c1-17-15-21(11-12-23(17)32(34,35)36)26(44-31(42)20-9-7-19(8-10-20)18-5-3-2-4-6-18)27-24(40)25(41)30(43-27)39-14-13-22-28(33)37-16-38-29(22)39/h2-16,24-27,30,40-41H,1H3/t24-,25+,26?,27-,30+/m0/s1. The molecule has 0 aliphatic carbocycles. The van der Waals surface area contributed by atoms with Gasteiger partial charge in [0.25, 0.3) is 0 Å². The molecule has 6 rings (SSSR count). The molecule has 8 nitrogen and oxygen atoms in total. The lowest BCUT2D eigenvalue weighted by Gasteiger charge is -2.27. The number of aliphatic hydroxyl groups excluding tert-OH is 2. The van der Waals surface area contributed by atoms with Crippen LogP contribution in [0.15, 0.2) is 91.4 Å². The molecule has 1 unspecified atom stereocenters. The first-order valence-electron chi connectivity index (χ1n) is 13.6. The van der Waals surface area contributed by atoms with Crippen LogP contribution in [0, 0.1) is 6.92 Å². The van der Waals surface area contributed by atoms with Gasteiger partial charge in [0, 0.05) is 6.20 Å². The number of aromatic nitrogens is 3. The van der Waals surface area contributed by atoms with Crippen molar-refractivity contribution < 1.29 is 37.7 Å². The van der Waals surface area contributed by atoms with E-state index in [1.54, 1.807) is 36.5 Å². The van der Waals surface area contributed by atoms with Crippen LogP contribution in [0.2, 0.25) is 5.15 Å². The molecule has 1 aliphatic heterocycles. The second-order valence-corrected chi connectivity index (χ2v) is 10.8. The van der Waals surface area contributed by atoms with Gasteiger partial charge >= 0.3 is 12.1 Å². The molecule has 226 valence electrons. The first-order valence-corrected chi connectivity index (χ1v) is 13.9. The summed E-state index contributed by atoms with van der Waals surface area (Å²) in [5.74, 6) is -0.799. The minimum atomic E-state index is -4.60. The van der Waals surface area contributed by atoms with E-state index in [9.17, 15) is 28.2 Å². The van der Waals surface area contributed by atoms with Gasteiger partial charge in [-0.1, -0.05) is 66.2 Å². The number of aryl methyl sites for hydroxylation is 1. The maximum Gasteiger partial charge on any atom is 0.416 e. The van der Waals surface area contributed by atoms with E-state index in [0.29, 0.717) is 11.0 Å². The fraction of sp³-hybridized carbons (Fsp3) is 0.219. The van der Waals surface area contributed by atoms with Gasteiger partial charge in [-0.3, -0.25) is 0 Å². The minimum absolute atomic E-state index is 0.115. The number of halogens is 4. The van der Waals surface area contributed by atoms with Crippen LogP contribution in [0.25, 0.3) is 22.2 Å². The van der Waals surface area contributed by atoms with E-state index < -0.39 is 48.4 Å². The SMILES string of the molecule is Cc1cc(C(OC(=O)c2ccc(-c3ccccc3)cc2)[C@H]2O[C@@H](n3ccc4c(Cl)ncnc43)[C@H](O)[C@@H]2O)ccc1C(F)(F)F. The van der Waals surface area contributed by atoms with E-state index in [4.69, 9.17) is 21.1 Å². The summed E-state index contributed by atoms with van der Waals surface area (Å²) in [4.78, 5) is 21.5. The lowest BCUT2D eigenvalue weighted by Crippen LogP contribution is -2.36. The summed E-state index contributed by atoms with van der Waals surface area (Å²) in [6, 6.07) is 21.0. The van der Waals surface area contributed by atoms with E-state index >= 15 is 0 Å². The average molecular weight is 624 g/mol. The molecular formula is C32H25ClF3N3O5. The third-order valence-corrected chi connectivity index (χ3v) is 7.96. The molecule has 5 atom stereocenters. The van der Waals surface area contributed by atoms with Crippen molar-refractivity contribution >= 4 is 28.6 Å². The van der Waals surface area contributed by atoms with Crippen molar-refractivity contribution in [3.63, 3.8) is 0 Å². The van der Waals surface area contributed by atoms with Gasteiger partial charge in [0.2, 0.25) is 0 Å². The number of nitrogens with zero attached hydrogens (tertiary/aromatic N) is 3. The van der Waals surface area contributed by atoms with Gasteiger partial charge in [-0.15, -0.1) is 0 Å². The second kappa shape index (κ2) is 11.7. The Morgan fingerprint density at radius 1 is 0.977 bits per heavy atom. The summed E-state index contributed by atoms with van der Waals surface area (Å²) in [7, 11) is 0. The molecule has 2 aromatic heterocycles. The van der Waals surface area contributed by atoms with Crippen molar-refractivity contribution in [1.82, 2.24) is 14.5 Å². The number of hydrogen-bond donors (Lipinski definition) is 2. The number of carbonyl (C=O) groups excluding carboxylic acids is 1. The number of alkyl halides is 3. The van der Waals surface area contributed by atoms with Crippen molar-refractivity contribution in [2.45, 2.75) is 43.7 Å². The van der Waals surface area contributed by atoms with Crippen LogP contribution in [0.1, 0.15) is 39.4 Å². The highest BCUT2D eigenvalue weighted by molar-refractivity contribution is 6.33. The van der Waals surface area contributed by atoms with Crippen LogP contribution in [-0.2, 0) is 15.7 Å². The average Bonchev–Trinajstić information content (AvgIpc) is 3.57. The molecule has 2 N–H and O–H groups in total. The molecule has 0 saturated carbocycles. The zero-order valence-electron chi connectivity index (χ0n) is 23.0. The number of hydrogen-bond acceptors (Lipinski definition) is 7. The molecule has 5 aromatic rings. The summed E-state index contributed by atoms with van der Waals surface area (Å²) in [5.41, 5.74) is 1.46. The molecule has 1 saturated heterocycles. The van der Waals surface area contributed by atoms with Gasteiger partial charge in [-0.2, -0.15) is 13.2 Å². The molecule has 0 bridgehead atoms. The number of fused-ring (bicyclic) bond motifs is 1. The van der Waals surface area contributed by atoms with Gasteiger partial charge < -0.3 is 24.3 Å². The van der Waals surface area contributed by atoms with E-state index in [1.165, 1.54) is 30.0 Å². The third-order valence-electron chi connectivity index (χ3n) is 7.65. The highest BCUT2D eigenvalue weighted by Crippen LogP contribution is 2.41.